The van der Waals surface area contributed by atoms with Crippen LogP contribution >= 0.6 is 0 Å². The van der Waals surface area contributed by atoms with Crippen LogP contribution in [0, 0.1) is 17.8 Å². The Labute approximate surface area is 224 Å². The Morgan fingerprint density at radius 2 is 2.00 bits per heavy atom. The zero-order valence-electron chi connectivity index (χ0n) is 21.7. The lowest BCUT2D eigenvalue weighted by Crippen LogP contribution is -2.41. The molecule has 1 unspecified atom stereocenters. The second-order valence-electron chi connectivity index (χ2n) is 11.4. The molecule has 1 saturated heterocycles. The third kappa shape index (κ3) is 4.24. The number of ether oxygens (including phenoxy) is 1. The van der Waals surface area contributed by atoms with Gasteiger partial charge in [-0.15, -0.1) is 5.10 Å². The monoisotopic (exact) mass is 538 g/mol. The van der Waals surface area contributed by atoms with Crippen LogP contribution in [0.25, 0.3) is 0 Å². The van der Waals surface area contributed by atoms with Crippen molar-refractivity contribution in [1.82, 2.24) is 15.5 Å². The fraction of sp³-hybridized carbons (Fsp3) is 0.483. The lowest BCUT2D eigenvalue weighted by molar-refractivity contribution is -0.680. The number of hydrogen-bond donors (Lipinski definition) is 2. The van der Waals surface area contributed by atoms with Crippen LogP contribution < -0.4 is 14.8 Å². The molecule has 2 aliphatic heterocycles. The number of amides is 1. The minimum Gasteiger partial charge on any atom is -0.381 e. The number of aromatic nitrogens is 3. The van der Waals surface area contributed by atoms with Crippen molar-refractivity contribution in [3.05, 3.63) is 76.4 Å². The van der Waals surface area contributed by atoms with Gasteiger partial charge in [-0.1, -0.05) is 18.6 Å². The summed E-state index contributed by atoms with van der Waals surface area (Å²) in [5.41, 5.74) is 1.53. The lowest BCUT2D eigenvalue weighted by atomic mass is 9.83. The van der Waals surface area contributed by atoms with Crippen molar-refractivity contribution in [2.75, 3.05) is 18.1 Å². The first-order valence-corrected chi connectivity index (χ1v) is 13.6. The Morgan fingerprint density at radius 1 is 1.21 bits per heavy atom. The van der Waals surface area contributed by atoms with Gasteiger partial charge in [0.25, 0.3) is 12.2 Å². The smallest absolute Gasteiger partial charge is 0.381 e. The summed E-state index contributed by atoms with van der Waals surface area (Å²) in [6.45, 7) is 1.44. The number of aryl methyl sites for hydroxylation is 1. The van der Waals surface area contributed by atoms with Crippen molar-refractivity contribution in [2.45, 2.75) is 50.5 Å². The van der Waals surface area contributed by atoms with Gasteiger partial charge in [-0.25, -0.2) is 4.57 Å². The van der Waals surface area contributed by atoms with E-state index in [-0.39, 0.29) is 29.5 Å². The maximum absolute atomic E-state index is 14.2. The molecule has 7 rings (SSSR count). The number of hydrogen-bond acceptors (Lipinski definition) is 4. The van der Waals surface area contributed by atoms with E-state index in [1.807, 2.05) is 29.8 Å². The highest BCUT2D eigenvalue weighted by atomic mass is 19.4. The molecule has 204 valence electrons. The number of H-pyrrole nitrogens is 1. The highest BCUT2D eigenvalue weighted by molar-refractivity contribution is 6.10. The normalized spacial score (nSPS) is 25.0. The van der Waals surface area contributed by atoms with E-state index in [4.69, 9.17) is 4.74 Å². The van der Waals surface area contributed by atoms with Gasteiger partial charge in [0.05, 0.1) is 38.3 Å². The zero-order valence-corrected chi connectivity index (χ0v) is 21.7. The first kappa shape index (κ1) is 24.8. The first-order valence-electron chi connectivity index (χ1n) is 13.6. The number of halogens is 3. The molecule has 4 atom stereocenters. The van der Waals surface area contributed by atoms with Gasteiger partial charge in [-0.3, -0.25) is 4.79 Å². The number of nitrogens with one attached hydrogen (secondary N) is 2. The van der Waals surface area contributed by atoms with E-state index in [0.29, 0.717) is 48.9 Å². The van der Waals surface area contributed by atoms with Crippen LogP contribution in [0.5, 0.6) is 0 Å². The number of benzene rings is 2. The van der Waals surface area contributed by atoms with Crippen LogP contribution in [0.4, 0.5) is 18.9 Å². The van der Waals surface area contributed by atoms with Gasteiger partial charge in [0.2, 0.25) is 5.82 Å². The average Bonchev–Trinajstić information content (AvgIpc) is 3.26. The molecule has 39 heavy (non-hydrogen) atoms. The standard InChI is InChI=1S/C29H30F3N5O2/c1-36-15-34-35-27(36)25(18-13-39-14-18)17-4-2-5-19(10-17)37-12-23-22(28(37)38)8-16(9-24(23)29(30,31)32)11-33-26-20-6-3-7-21(20)26/h2,4-5,8-10,15,18,20-21,25-26,33H,3,6-7,11-14H2,1H3/p+1/t20-,21+,25-,26?/m0/s1. The number of nitrogens with zero attached hydrogens (tertiary/aromatic N) is 3. The Bertz CT molecular complexity index is 1420. The molecule has 0 spiro atoms. The summed E-state index contributed by atoms with van der Waals surface area (Å²) >= 11 is 0. The molecule has 1 amide bonds. The molecule has 2 N–H and O–H groups in total. The van der Waals surface area contributed by atoms with Crippen molar-refractivity contribution < 1.29 is 27.3 Å². The Hall–Kier alpha value is -3.24. The molecule has 2 aliphatic carbocycles. The van der Waals surface area contributed by atoms with E-state index in [1.54, 1.807) is 18.5 Å². The first-order chi connectivity index (χ1) is 18.8. The minimum absolute atomic E-state index is 0.0448. The van der Waals surface area contributed by atoms with Crippen LogP contribution in [-0.2, 0) is 31.1 Å². The third-order valence-electron chi connectivity index (χ3n) is 9.12. The SMILES string of the molecule is C[n+]1cn[nH]c1[C@@H](c1cccc(N2Cc3c(cc(CNC4[C@H]5CCC[C@@H]45)cc3C(F)(F)F)C2=O)c1)C1COC1. The van der Waals surface area contributed by atoms with Crippen LogP contribution in [0.3, 0.4) is 0 Å². The van der Waals surface area contributed by atoms with Crippen molar-refractivity contribution in [3.63, 3.8) is 0 Å². The van der Waals surface area contributed by atoms with Crippen molar-refractivity contribution in [2.24, 2.45) is 24.8 Å². The molecular weight excluding hydrogens is 507 g/mol. The molecule has 3 fully saturated rings. The van der Waals surface area contributed by atoms with Gasteiger partial charge in [-0.05, 0) is 65.6 Å². The van der Waals surface area contributed by atoms with Gasteiger partial charge in [0, 0.05) is 34.9 Å². The van der Waals surface area contributed by atoms with E-state index in [9.17, 15) is 18.0 Å². The van der Waals surface area contributed by atoms with E-state index in [1.165, 1.54) is 30.2 Å². The summed E-state index contributed by atoms with van der Waals surface area (Å²) in [6, 6.07) is 10.8. The predicted octanol–water partition coefficient (Wildman–Crippen LogP) is 4.08. The molecule has 3 aromatic rings. The second kappa shape index (κ2) is 9.16. The predicted molar refractivity (Wildman–Crippen MR) is 136 cm³/mol. The van der Waals surface area contributed by atoms with Gasteiger partial charge in [0.1, 0.15) is 0 Å². The molecule has 4 aliphatic rings. The average molecular weight is 539 g/mol. The Morgan fingerprint density at radius 3 is 2.67 bits per heavy atom. The summed E-state index contributed by atoms with van der Waals surface area (Å²) in [4.78, 5) is 15.1. The molecular formula is C29H31F3N5O2+. The van der Waals surface area contributed by atoms with Crippen molar-refractivity contribution in [1.29, 1.82) is 0 Å². The molecule has 1 aromatic heterocycles. The number of carbonyl (C=O) groups is 1. The zero-order chi connectivity index (χ0) is 26.9. The molecule has 10 heteroatoms. The number of carbonyl (C=O) groups excluding carboxylic acids is 1. The molecule has 7 nitrogen and oxygen atoms in total. The fourth-order valence-corrected chi connectivity index (χ4v) is 6.99. The van der Waals surface area contributed by atoms with Crippen molar-refractivity contribution in [3.8, 4) is 0 Å². The van der Waals surface area contributed by atoms with Gasteiger partial charge < -0.3 is 15.0 Å². The van der Waals surface area contributed by atoms with Gasteiger partial charge in [0.15, 0.2) is 0 Å². The molecule has 0 bridgehead atoms. The quantitative estimate of drug-likeness (QED) is 0.445. The topological polar surface area (TPSA) is 74.1 Å². The molecule has 2 aromatic carbocycles. The number of alkyl halides is 3. The molecule has 3 heterocycles. The maximum Gasteiger partial charge on any atom is 0.416 e. The number of anilines is 1. The molecule has 2 saturated carbocycles. The summed E-state index contributed by atoms with van der Waals surface area (Å²) in [5.74, 6) is 2.02. The van der Waals surface area contributed by atoms with E-state index in [0.717, 1.165) is 11.4 Å². The van der Waals surface area contributed by atoms with Crippen LogP contribution in [0.15, 0.2) is 42.7 Å². The van der Waals surface area contributed by atoms with E-state index >= 15 is 0 Å². The Kier molecular flexibility index (Phi) is 5.82. The van der Waals surface area contributed by atoms with Gasteiger partial charge in [-0.2, -0.15) is 13.2 Å². The van der Waals surface area contributed by atoms with Gasteiger partial charge >= 0.3 is 6.18 Å². The minimum atomic E-state index is -4.54. The lowest BCUT2D eigenvalue weighted by Gasteiger charge is -2.32. The summed E-state index contributed by atoms with van der Waals surface area (Å²) < 4.78 is 50.0. The molecule has 0 radical (unpaired) electrons. The summed E-state index contributed by atoms with van der Waals surface area (Å²) in [5, 5.41) is 10.7. The number of aromatic amines is 1. The number of fused-ring (bicyclic) bond motifs is 2. The number of rotatable bonds is 7. The third-order valence-corrected chi connectivity index (χ3v) is 9.12. The van der Waals surface area contributed by atoms with Crippen LogP contribution in [-0.4, -0.2) is 35.4 Å². The van der Waals surface area contributed by atoms with Crippen molar-refractivity contribution >= 4 is 11.6 Å². The van der Waals surface area contributed by atoms with Crippen LogP contribution in [0.2, 0.25) is 0 Å². The highest BCUT2D eigenvalue weighted by Gasteiger charge is 2.52. The van der Waals surface area contributed by atoms with E-state index < -0.39 is 17.6 Å². The second-order valence-corrected chi connectivity index (χ2v) is 11.4. The Balaban J connectivity index is 1.19. The summed E-state index contributed by atoms with van der Waals surface area (Å²) in [6.07, 6.45) is 0.790. The highest BCUT2D eigenvalue weighted by Crippen LogP contribution is 2.52. The fourth-order valence-electron chi connectivity index (χ4n) is 6.99. The van der Waals surface area contributed by atoms with Crippen LogP contribution in [0.1, 0.15) is 63.6 Å². The van der Waals surface area contributed by atoms with E-state index in [2.05, 4.69) is 15.5 Å². The largest absolute Gasteiger partial charge is 0.416 e. The maximum atomic E-state index is 14.2. The summed E-state index contributed by atoms with van der Waals surface area (Å²) in [7, 11) is 1.91.